The molecule has 2 saturated carbocycles. The van der Waals surface area contributed by atoms with E-state index < -0.39 is 5.54 Å². The van der Waals surface area contributed by atoms with Gasteiger partial charge in [-0.2, -0.15) is 0 Å². The molecule has 19 heavy (non-hydrogen) atoms. The molecule has 1 amide bonds. The summed E-state index contributed by atoms with van der Waals surface area (Å²) in [6, 6.07) is 0.781. The molecule has 2 fully saturated rings. The zero-order chi connectivity index (χ0) is 13.9. The first kappa shape index (κ1) is 14.8. The van der Waals surface area contributed by atoms with Gasteiger partial charge in [0, 0.05) is 6.04 Å². The van der Waals surface area contributed by atoms with Crippen LogP contribution in [0.1, 0.15) is 51.9 Å². The van der Waals surface area contributed by atoms with Gasteiger partial charge in [0.25, 0.3) is 0 Å². The van der Waals surface area contributed by atoms with Gasteiger partial charge in [0.05, 0.1) is 0 Å². The molecule has 0 radical (unpaired) electrons. The Labute approximate surface area is 117 Å². The lowest BCUT2D eigenvalue weighted by Crippen LogP contribution is -2.58. The van der Waals surface area contributed by atoms with Gasteiger partial charge < -0.3 is 16.0 Å². The van der Waals surface area contributed by atoms with Crippen molar-refractivity contribution in [2.75, 3.05) is 20.1 Å². The Morgan fingerprint density at radius 2 is 2.11 bits per heavy atom. The van der Waals surface area contributed by atoms with Gasteiger partial charge in [0.2, 0.25) is 5.91 Å². The normalized spacial score (nSPS) is 31.6. The number of nitrogens with zero attached hydrogens (tertiary/aromatic N) is 1. The highest BCUT2D eigenvalue weighted by atomic mass is 16.1. The molecule has 2 aliphatic carbocycles. The molecule has 0 aromatic heterocycles. The molecule has 0 saturated heterocycles. The highest BCUT2D eigenvalue weighted by Gasteiger charge is 2.46. The van der Waals surface area contributed by atoms with Crippen molar-refractivity contribution < 1.29 is 4.79 Å². The van der Waals surface area contributed by atoms with Gasteiger partial charge >= 0.3 is 0 Å². The van der Waals surface area contributed by atoms with E-state index in [1.54, 1.807) is 0 Å². The van der Waals surface area contributed by atoms with E-state index in [-0.39, 0.29) is 5.91 Å². The Balaban J connectivity index is 1.91. The smallest absolute Gasteiger partial charge is 0.238 e. The SMILES string of the molecule is CCNC1(C(N)=O)CCCC1CCN(C)C1CCC1. The summed E-state index contributed by atoms with van der Waals surface area (Å²) in [5, 5.41) is 3.40. The van der Waals surface area contributed by atoms with Crippen LogP contribution in [0.4, 0.5) is 0 Å². The van der Waals surface area contributed by atoms with Crippen LogP contribution in [0.25, 0.3) is 0 Å². The lowest BCUT2D eigenvalue weighted by atomic mass is 9.83. The number of likely N-dealkylation sites (N-methyl/N-ethyl adjacent to an activating group) is 1. The van der Waals surface area contributed by atoms with E-state index in [1.807, 2.05) is 0 Å². The van der Waals surface area contributed by atoms with Crippen LogP contribution < -0.4 is 11.1 Å². The fraction of sp³-hybridized carbons (Fsp3) is 0.933. The van der Waals surface area contributed by atoms with Crippen molar-refractivity contribution in [3.63, 3.8) is 0 Å². The summed E-state index contributed by atoms with van der Waals surface area (Å²) in [4.78, 5) is 14.4. The van der Waals surface area contributed by atoms with Crippen LogP contribution in [-0.4, -0.2) is 42.5 Å². The Morgan fingerprint density at radius 3 is 2.63 bits per heavy atom. The third-order valence-corrected chi connectivity index (χ3v) is 5.28. The van der Waals surface area contributed by atoms with Crippen LogP contribution in [0.15, 0.2) is 0 Å². The largest absolute Gasteiger partial charge is 0.368 e. The average molecular weight is 267 g/mol. The number of carbonyl (C=O) groups is 1. The highest BCUT2D eigenvalue weighted by molar-refractivity contribution is 5.85. The number of hydrogen-bond acceptors (Lipinski definition) is 3. The molecule has 0 bridgehead atoms. The predicted molar refractivity (Wildman–Crippen MR) is 77.8 cm³/mol. The van der Waals surface area contributed by atoms with Crippen molar-refractivity contribution >= 4 is 5.91 Å². The minimum atomic E-state index is -0.435. The monoisotopic (exact) mass is 267 g/mol. The summed E-state index contributed by atoms with van der Waals surface area (Å²) in [6.45, 7) is 3.97. The first-order chi connectivity index (χ1) is 9.10. The Morgan fingerprint density at radius 1 is 1.37 bits per heavy atom. The molecule has 4 nitrogen and oxygen atoms in total. The molecular formula is C15H29N3O. The van der Waals surface area contributed by atoms with E-state index in [0.717, 1.165) is 44.8 Å². The second kappa shape index (κ2) is 6.23. The van der Waals surface area contributed by atoms with Gasteiger partial charge in [-0.3, -0.25) is 4.79 Å². The van der Waals surface area contributed by atoms with Gasteiger partial charge in [0.1, 0.15) is 5.54 Å². The molecule has 0 spiro atoms. The summed E-state index contributed by atoms with van der Waals surface area (Å²) in [5.74, 6) is 0.260. The van der Waals surface area contributed by atoms with Crippen LogP contribution in [-0.2, 0) is 4.79 Å². The minimum Gasteiger partial charge on any atom is -0.368 e. The lowest BCUT2D eigenvalue weighted by molar-refractivity contribution is -0.126. The second-order valence-corrected chi connectivity index (χ2v) is 6.31. The van der Waals surface area contributed by atoms with Crippen molar-refractivity contribution in [2.45, 2.75) is 63.5 Å². The standard InChI is InChI=1S/C15H29N3O/c1-3-17-15(14(16)19)10-5-6-12(15)9-11-18(2)13-7-4-8-13/h12-13,17H,3-11H2,1-2H3,(H2,16,19). The Kier molecular flexibility index (Phi) is 4.85. The lowest BCUT2D eigenvalue weighted by Gasteiger charge is -2.38. The number of primary amides is 1. The molecule has 0 heterocycles. The van der Waals surface area contributed by atoms with Crippen molar-refractivity contribution in [1.29, 1.82) is 0 Å². The van der Waals surface area contributed by atoms with E-state index in [1.165, 1.54) is 19.3 Å². The maximum absolute atomic E-state index is 11.9. The van der Waals surface area contributed by atoms with Crippen molar-refractivity contribution in [3.05, 3.63) is 0 Å². The summed E-state index contributed by atoms with van der Waals surface area (Å²) >= 11 is 0. The van der Waals surface area contributed by atoms with Gasteiger partial charge in [0.15, 0.2) is 0 Å². The maximum Gasteiger partial charge on any atom is 0.238 e. The van der Waals surface area contributed by atoms with E-state index in [9.17, 15) is 4.79 Å². The number of nitrogens with one attached hydrogen (secondary N) is 1. The fourth-order valence-corrected chi connectivity index (χ4v) is 3.80. The molecular weight excluding hydrogens is 238 g/mol. The quantitative estimate of drug-likeness (QED) is 0.735. The molecule has 110 valence electrons. The topological polar surface area (TPSA) is 58.4 Å². The van der Waals surface area contributed by atoms with Crippen LogP contribution in [0, 0.1) is 5.92 Å². The van der Waals surface area contributed by atoms with Crippen LogP contribution >= 0.6 is 0 Å². The molecule has 2 unspecified atom stereocenters. The molecule has 4 heteroatoms. The van der Waals surface area contributed by atoms with Gasteiger partial charge in [-0.05, 0) is 58.2 Å². The van der Waals surface area contributed by atoms with Crippen LogP contribution in [0.3, 0.4) is 0 Å². The van der Waals surface area contributed by atoms with Crippen LogP contribution in [0.2, 0.25) is 0 Å². The van der Waals surface area contributed by atoms with Crippen LogP contribution in [0.5, 0.6) is 0 Å². The number of nitrogens with two attached hydrogens (primary N) is 1. The molecule has 3 N–H and O–H groups in total. The van der Waals surface area contributed by atoms with Gasteiger partial charge in [-0.15, -0.1) is 0 Å². The maximum atomic E-state index is 11.9. The fourth-order valence-electron chi connectivity index (χ4n) is 3.80. The first-order valence-corrected chi connectivity index (χ1v) is 7.85. The summed E-state index contributed by atoms with van der Waals surface area (Å²) in [7, 11) is 2.22. The molecule has 2 rings (SSSR count). The van der Waals surface area contributed by atoms with Crippen molar-refractivity contribution in [3.8, 4) is 0 Å². The molecule has 0 aromatic carbocycles. The number of hydrogen-bond donors (Lipinski definition) is 2. The zero-order valence-corrected chi connectivity index (χ0v) is 12.5. The summed E-state index contributed by atoms with van der Waals surface area (Å²) in [6.07, 6.45) is 8.31. The summed E-state index contributed by atoms with van der Waals surface area (Å²) < 4.78 is 0. The minimum absolute atomic E-state index is 0.150. The highest BCUT2D eigenvalue weighted by Crippen LogP contribution is 2.38. The van der Waals surface area contributed by atoms with E-state index >= 15 is 0 Å². The third-order valence-electron chi connectivity index (χ3n) is 5.28. The van der Waals surface area contributed by atoms with Gasteiger partial charge in [-0.1, -0.05) is 19.8 Å². The average Bonchev–Trinajstić information content (AvgIpc) is 2.69. The van der Waals surface area contributed by atoms with Crippen molar-refractivity contribution in [1.82, 2.24) is 10.2 Å². The number of rotatable bonds is 7. The van der Waals surface area contributed by atoms with E-state index in [0.29, 0.717) is 5.92 Å². The zero-order valence-electron chi connectivity index (χ0n) is 12.5. The summed E-state index contributed by atoms with van der Waals surface area (Å²) in [5.41, 5.74) is 5.26. The second-order valence-electron chi connectivity index (χ2n) is 6.31. The molecule has 0 aromatic rings. The van der Waals surface area contributed by atoms with Gasteiger partial charge in [-0.25, -0.2) is 0 Å². The molecule has 2 atom stereocenters. The molecule has 0 aliphatic heterocycles. The predicted octanol–water partition coefficient (Wildman–Crippen LogP) is 1.49. The number of amides is 1. The van der Waals surface area contributed by atoms with E-state index in [2.05, 4.69) is 24.2 Å². The third kappa shape index (κ3) is 2.95. The number of carbonyl (C=O) groups excluding carboxylic acids is 1. The first-order valence-electron chi connectivity index (χ1n) is 7.85. The van der Waals surface area contributed by atoms with Crippen molar-refractivity contribution in [2.24, 2.45) is 11.7 Å². The Hall–Kier alpha value is -0.610. The molecule has 2 aliphatic rings. The van der Waals surface area contributed by atoms with E-state index in [4.69, 9.17) is 5.73 Å². The Bertz CT molecular complexity index is 317.